The molecule has 0 unspecified atom stereocenters. The summed E-state index contributed by atoms with van der Waals surface area (Å²) < 4.78 is 0. The zero-order valence-electron chi connectivity index (χ0n) is 19.2. The van der Waals surface area contributed by atoms with E-state index in [9.17, 15) is 14.4 Å². The van der Waals surface area contributed by atoms with E-state index in [4.69, 9.17) is 0 Å². The van der Waals surface area contributed by atoms with Crippen molar-refractivity contribution in [2.75, 3.05) is 23.9 Å². The van der Waals surface area contributed by atoms with E-state index in [0.717, 1.165) is 40.1 Å². The van der Waals surface area contributed by atoms with E-state index in [1.807, 2.05) is 62.6 Å². The van der Waals surface area contributed by atoms with Gasteiger partial charge in [0, 0.05) is 23.8 Å². The van der Waals surface area contributed by atoms with Gasteiger partial charge in [0.1, 0.15) is 5.54 Å². The molecule has 2 saturated heterocycles. The number of amides is 3. The van der Waals surface area contributed by atoms with Crippen LogP contribution in [0.3, 0.4) is 0 Å². The van der Waals surface area contributed by atoms with Crippen LogP contribution in [0.5, 0.6) is 0 Å². The Morgan fingerprint density at radius 2 is 1.82 bits per heavy atom. The lowest BCUT2D eigenvalue weighted by molar-refractivity contribution is -0.142. The summed E-state index contributed by atoms with van der Waals surface area (Å²) in [6, 6.07) is 13.7. The number of carbonyl (C=O) groups excluding carboxylic acids is 3. The Hall–Kier alpha value is -2.64. The second-order valence-corrected chi connectivity index (χ2v) is 10.4. The Bertz CT molecular complexity index is 1140. The molecule has 33 heavy (non-hydrogen) atoms. The lowest BCUT2D eigenvalue weighted by Crippen LogP contribution is -2.53. The molecule has 2 fully saturated rings. The van der Waals surface area contributed by atoms with Crippen LogP contribution in [0.2, 0.25) is 0 Å². The summed E-state index contributed by atoms with van der Waals surface area (Å²) in [4.78, 5) is 42.4. The average Bonchev–Trinajstić information content (AvgIpc) is 3.37. The second-order valence-electron chi connectivity index (χ2n) is 9.37. The summed E-state index contributed by atoms with van der Waals surface area (Å²) in [6.45, 7) is 4.30. The van der Waals surface area contributed by atoms with Crippen molar-refractivity contribution in [2.24, 2.45) is 11.8 Å². The highest BCUT2D eigenvalue weighted by atomic mass is 32.2. The predicted octanol–water partition coefficient (Wildman–Crippen LogP) is 3.02. The standard InChI is InChI=1S/C26H29N3O3S/c1-15-13-16(2)22-18(14-15)26(25(32)27-22)21-20(19(28-26)10-12-33-3)23(30)29(24(21)31)11-9-17-7-5-4-6-8-17/h4-8,13-14,19-21,28H,9-12H2,1-3H3,(H,27,32)/t19-,20-,21-,26+/m1/s1. The Morgan fingerprint density at radius 1 is 1.06 bits per heavy atom. The van der Waals surface area contributed by atoms with Crippen molar-refractivity contribution in [3.63, 3.8) is 0 Å². The van der Waals surface area contributed by atoms with Crippen LogP contribution in [0.25, 0.3) is 0 Å². The molecule has 5 rings (SSSR count). The van der Waals surface area contributed by atoms with Crippen LogP contribution in [0.1, 0.15) is 28.7 Å². The van der Waals surface area contributed by atoms with E-state index in [1.165, 1.54) is 4.90 Å². The monoisotopic (exact) mass is 463 g/mol. The molecule has 3 amide bonds. The van der Waals surface area contributed by atoms with Crippen molar-refractivity contribution in [3.8, 4) is 0 Å². The van der Waals surface area contributed by atoms with E-state index >= 15 is 0 Å². The highest BCUT2D eigenvalue weighted by molar-refractivity contribution is 7.98. The third kappa shape index (κ3) is 3.32. The molecule has 2 aromatic rings. The molecule has 0 aliphatic carbocycles. The molecule has 2 N–H and O–H groups in total. The first-order valence-electron chi connectivity index (χ1n) is 11.5. The molecule has 1 spiro atoms. The molecule has 6 nitrogen and oxygen atoms in total. The van der Waals surface area contributed by atoms with Gasteiger partial charge < -0.3 is 5.32 Å². The molecule has 0 saturated carbocycles. The largest absolute Gasteiger partial charge is 0.324 e. The molecule has 172 valence electrons. The van der Waals surface area contributed by atoms with Gasteiger partial charge in [0.15, 0.2) is 0 Å². The molecule has 2 aromatic carbocycles. The molecular weight excluding hydrogens is 434 g/mol. The minimum Gasteiger partial charge on any atom is -0.324 e. The Labute approximate surface area is 198 Å². The fourth-order valence-electron chi connectivity index (χ4n) is 5.92. The number of nitrogens with zero attached hydrogens (tertiary/aromatic N) is 1. The first-order valence-corrected chi connectivity index (χ1v) is 12.9. The van der Waals surface area contributed by atoms with Crippen LogP contribution in [0.15, 0.2) is 42.5 Å². The number of fused-ring (bicyclic) bond motifs is 4. The van der Waals surface area contributed by atoms with Gasteiger partial charge in [-0.2, -0.15) is 11.8 Å². The maximum absolute atomic E-state index is 13.8. The van der Waals surface area contributed by atoms with Crippen molar-refractivity contribution in [2.45, 2.75) is 38.3 Å². The van der Waals surface area contributed by atoms with Crippen molar-refractivity contribution < 1.29 is 14.4 Å². The van der Waals surface area contributed by atoms with E-state index in [-0.39, 0.29) is 23.8 Å². The number of likely N-dealkylation sites (tertiary alicyclic amines) is 1. The maximum Gasteiger partial charge on any atom is 0.250 e. The van der Waals surface area contributed by atoms with Crippen molar-refractivity contribution in [1.82, 2.24) is 10.2 Å². The number of thioether (sulfide) groups is 1. The molecule has 4 atom stereocenters. The zero-order chi connectivity index (χ0) is 23.3. The van der Waals surface area contributed by atoms with Gasteiger partial charge in [-0.05, 0) is 49.8 Å². The number of aryl methyl sites for hydroxylation is 2. The van der Waals surface area contributed by atoms with E-state index in [2.05, 4.69) is 10.6 Å². The zero-order valence-corrected chi connectivity index (χ0v) is 20.0. The highest BCUT2D eigenvalue weighted by Gasteiger charge is 2.70. The second kappa shape index (κ2) is 8.29. The number of rotatable bonds is 6. The van der Waals surface area contributed by atoms with Gasteiger partial charge in [0.05, 0.1) is 11.8 Å². The highest BCUT2D eigenvalue weighted by Crippen LogP contribution is 2.54. The van der Waals surface area contributed by atoms with Crippen LogP contribution in [0, 0.1) is 25.7 Å². The summed E-state index contributed by atoms with van der Waals surface area (Å²) in [5.41, 5.74) is 3.46. The summed E-state index contributed by atoms with van der Waals surface area (Å²) in [5, 5.41) is 6.56. The van der Waals surface area contributed by atoms with Crippen LogP contribution in [-0.4, -0.2) is 47.2 Å². The van der Waals surface area contributed by atoms with Crippen molar-refractivity contribution in [3.05, 3.63) is 64.7 Å². The van der Waals surface area contributed by atoms with Gasteiger partial charge >= 0.3 is 0 Å². The SMILES string of the molecule is CSCC[C@H]1N[C@]2(C(=O)Nc3c(C)cc(C)cc32)[C@H]2C(=O)N(CCc3ccccc3)C(=O)[C@H]12. The van der Waals surface area contributed by atoms with Crippen LogP contribution in [-0.2, 0) is 26.3 Å². The number of hydrogen-bond acceptors (Lipinski definition) is 5. The number of nitrogens with one attached hydrogen (secondary N) is 2. The van der Waals surface area contributed by atoms with E-state index in [0.29, 0.717) is 13.0 Å². The van der Waals surface area contributed by atoms with Gasteiger partial charge in [-0.15, -0.1) is 0 Å². The third-order valence-electron chi connectivity index (χ3n) is 7.36. The molecule has 0 aromatic heterocycles. The molecule has 3 aliphatic rings. The molecular formula is C26H29N3O3S. The van der Waals surface area contributed by atoms with Gasteiger partial charge in [0.2, 0.25) is 17.7 Å². The summed E-state index contributed by atoms with van der Waals surface area (Å²) in [7, 11) is 0. The van der Waals surface area contributed by atoms with E-state index < -0.39 is 17.4 Å². The number of benzene rings is 2. The van der Waals surface area contributed by atoms with E-state index in [1.54, 1.807) is 11.8 Å². The van der Waals surface area contributed by atoms with Crippen molar-refractivity contribution in [1.29, 1.82) is 0 Å². The Balaban J connectivity index is 1.55. The predicted molar refractivity (Wildman–Crippen MR) is 130 cm³/mol. The fourth-order valence-corrected chi connectivity index (χ4v) is 6.41. The number of carbonyl (C=O) groups is 3. The molecule has 0 bridgehead atoms. The van der Waals surface area contributed by atoms with Crippen LogP contribution < -0.4 is 10.6 Å². The summed E-state index contributed by atoms with van der Waals surface area (Å²) in [6.07, 6.45) is 3.36. The topological polar surface area (TPSA) is 78.5 Å². The van der Waals surface area contributed by atoms with Gasteiger partial charge in [0.25, 0.3) is 0 Å². The third-order valence-corrected chi connectivity index (χ3v) is 8.00. The normalized spacial score (nSPS) is 27.9. The van der Waals surface area contributed by atoms with Gasteiger partial charge in [-0.3, -0.25) is 24.6 Å². The molecule has 3 heterocycles. The molecule has 7 heteroatoms. The van der Waals surface area contributed by atoms with Gasteiger partial charge in [-0.25, -0.2) is 0 Å². The fraction of sp³-hybridized carbons (Fsp3) is 0.423. The Kier molecular flexibility index (Phi) is 5.57. The summed E-state index contributed by atoms with van der Waals surface area (Å²) in [5.74, 6) is -1.01. The minimum atomic E-state index is -1.20. The maximum atomic E-state index is 13.8. The Morgan fingerprint density at radius 3 is 2.55 bits per heavy atom. The lowest BCUT2D eigenvalue weighted by Gasteiger charge is -2.30. The van der Waals surface area contributed by atoms with Crippen LogP contribution in [0.4, 0.5) is 5.69 Å². The first-order chi connectivity index (χ1) is 15.9. The average molecular weight is 464 g/mol. The number of imide groups is 1. The first kappa shape index (κ1) is 22.2. The van der Waals surface area contributed by atoms with Crippen molar-refractivity contribution >= 4 is 35.2 Å². The minimum absolute atomic E-state index is 0.151. The number of hydrogen-bond donors (Lipinski definition) is 2. The number of anilines is 1. The summed E-state index contributed by atoms with van der Waals surface area (Å²) >= 11 is 1.70. The quantitative estimate of drug-likeness (QED) is 0.644. The lowest BCUT2D eigenvalue weighted by atomic mass is 9.76. The smallest absolute Gasteiger partial charge is 0.250 e. The molecule has 0 radical (unpaired) electrons. The van der Waals surface area contributed by atoms with Crippen LogP contribution >= 0.6 is 11.8 Å². The molecule has 3 aliphatic heterocycles. The van der Waals surface area contributed by atoms with Gasteiger partial charge in [-0.1, -0.05) is 48.0 Å².